The number of rotatable bonds is 5. The lowest BCUT2D eigenvalue weighted by atomic mass is 10.2. The van der Waals surface area contributed by atoms with Crippen molar-refractivity contribution in [1.29, 1.82) is 5.26 Å². The Morgan fingerprint density at radius 3 is 2.83 bits per heavy atom. The molecule has 0 heterocycles. The predicted octanol–water partition coefficient (Wildman–Crippen LogP) is 3.38. The van der Waals surface area contributed by atoms with Crippen LogP contribution in [0.2, 0.25) is 5.02 Å². The molecule has 2 aromatic carbocycles. The first-order valence-corrected chi connectivity index (χ1v) is 6.87. The van der Waals surface area contributed by atoms with Gasteiger partial charge in [-0.2, -0.15) is 5.26 Å². The van der Waals surface area contributed by atoms with E-state index in [9.17, 15) is 9.18 Å². The summed E-state index contributed by atoms with van der Waals surface area (Å²) in [7, 11) is 1.40. The summed E-state index contributed by atoms with van der Waals surface area (Å²) in [5.74, 6) is -0.547. The molecule has 0 spiro atoms. The van der Waals surface area contributed by atoms with Gasteiger partial charge in [-0.15, -0.1) is 0 Å². The molecule has 1 N–H and O–H groups in total. The van der Waals surface area contributed by atoms with E-state index in [2.05, 4.69) is 5.32 Å². The van der Waals surface area contributed by atoms with Crippen LogP contribution in [0.25, 0.3) is 0 Å². The Hall–Kier alpha value is -2.78. The van der Waals surface area contributed by atoms with Gasteiger partial charge >= 0.3 is 0 Å². The normalized spacial score (nSPS) is 9.83. The van der Waals surface area contributed by atoms with Crippen molar-refractivity contribution >= 4 is 23.2 Å². The van der Waals surface area contributed by atoms with Crippen molar-refractivity contribution < 1.29 is 18.7 Å². The molecule has 0 saturated carbocycles. The molecule has 23 heavy (non-hydrogen) atoms. The molecule has 0 aromatic heterocycles. The zero-order valence-corrected chi connectivity index (χ0v) is 12.9. The van der Waals surface area contributed by atoms with Gasteiger partial charge in [-0.3, -0.25) is 4.79 Å². The Bertz CT molecular complexity index is 774. The Kier molecular flexibility index (Phi) is 5.39. The first kappa shape index (κ1) is 16.6. The minimum absolute atomic E-state index is 0.152. The van der Waals surface area contributed by atoms with E-state index < -0.39 is 11.7 Å². The first-order chi connectivity index (χ1) is 11.0. The van der Waals surface area contributed by atoms with Gasteiger partial charge in [0.25, 0.3) is 5.91 Å². The van der Waals surface area contributed by atoms with E-state index >= 15 is 0 Å². The van der Waals surface area contributed by atoms with Gasteiger partial charge in [-0.05, 0) is 24.3 Å². The minimum atomic E-state index is -0.488. The lowest BCUT2D eigenvalue weighted by molar-refractivity contribution is -0.118. The monoisotopic (exact) mass is 334 g/mol. The molecular formula is C16H12ClFN2O3. The van der Waals surface area contributed by atoms with E-state index in [1.165, 1.54) is 37.4 Å². The van der Waals surface area contributed by atoms with E-state index in [4.69, 9.17) is 26.3 Å². The van der Waals surface area contributed by atoms with Crippen molar-refractivity contribution in [3.63, 3.8) is 0 Å². The maximum Gasteiger partial charge on any atom is 0.262 e. The Morgan fingerprint density at radius 1 is 1.39 bits per heavy atom. The molecule has 0 aliphatic carbocycles. The van der Waals surface area contributed by atoms with Gasteiger partial charge in [0.2, 0.25) is 0 Å². The predicted molar refractivity (Wildman–Crippen MR) is 83.2 cm³/mol. The van der Waals surface area contributed by atoms with Crippen LogP contribution in [0, 0.1) is 17.1 Å². The van der Waals surface area contributed by atoms with Crippen molar-refractivity contribution in [1.82, 2.24) is 0 Å². The largest absolute Gasteiger partial charge is 0.493 e. The number of hydrogen-bond acceptors (Lipinski definition) is 4. The molecule has 2 aromatic rings. The highest BCUT2D eigenvalue weighted by atomic mass is 35.5. The Morgan fingerprint density at radius 2 is 2.17 bits per heavy atom. The summed E-state index contributed by atoms with van der Waals surface area (Å²) >= 11 is 6.02. The van der Waals surface area contributed by atoms with Gasteiger partial charge in [-0.1, -0.05) is 17.7 Å². The molecule has 0 aliphatic rings. The molecule has 0 aliphatic heterocycles. The zero-order chi connectivity index (χ0) is 16.8. The highest BCUT2D eigenvalue weighted by molar-refractivity contribution is 6.32. The number of benzene rings is 2. The highest BCUT2D eigenvalue weighted by Crippen LogP contribution is 2.36. The quantitative estimate of drug-likeness (QED) is 0.910. The number of ether oxygens (including phenoxy) is 2. The number of carbonyl (C=O) groups excluding carboxylic acids is 1. The second kappa shape index (κ2) is 7.47. The Labute approximate surface area is 137 Å². The minimum Gasteiger partial charge on any atom is -0.493 e. The summed E-state index contributed by atoms with van der Waals surface area (Å²) in [6.07, 6.45) is 0. The van der Waals surface area contributed by atoms with Crippen molar-refractivity contribution in [3.05, 3.63) is 52.8 Å². The molecule has 0 atom stereocenters. The van der Waals surface area contributed by atoms with E-state index in [0.717, 1.165) is 0 Å². The van der Waals surface area contributed by atoms with Crippen molar-refractivity contribution in [3.8, 4) is 17.6 Å². The fraction of sp³-hybridized carbons (Fsp3) is 0.125. The molecule has 0 saturated heterocycles. The first-order valence-electron chi connectivity index (χ1n) is 6.49. The highest BCUT2D eigenvalue weighted by Gasteiger charge is 2.14. The molecule has 0 fully saturated rings. The lowest BCUT2D eigenvalue weighted by Crippen LogP contribution is -2.20. The summed E-state index contributed by atoms with van der Waals surface area (Å²) in [6.45, 7) is -0.349. The van der Waals surface area contributed by atoms with Crippen LogP contribution in [0.15, 0.2) is 36.4 Å². The van der Waals surface area contributed by atoms with Crippen LogP contribution in [0.5, 0.6) is 11.5 Å². The van der Waals surface area contributed by atoms with Crippen molar-refractivity contribution in [2.24, 2.45) is 0 Å². The average molecular weight is 335 g/mol. The van der Waals surface area contributed by atoms with Gasteiger partial charge in [0, 0.05) is 11.8 Å². The zero-order valence-electron chi connectivity index (χ0n) is 12.1. The van der Waals surface area contributed by atoms with Crippen LogP contribution in [0.3, 0.4) is 0 Å². The molecule has 118 valence electrons. The summed E-state index contributed by atoms with van der Waals surface area (Å²) in [4.78, 5) is 11.8. The number of methoxy groups -OCH3 is 1. The maximum atomic E-state index is 13.0. The van der Waals surface area contributed by atoms with Crippen LogP contribution in [-0.4, -0.2) is 19.6 Å². The van der Waals surface area contributed by atoms with Crippen molar-refractivity contribution in [2.45, 2.75) is 0 Å². The molecule has 0 radical (unpaired) electrons. The number of halogens is 2. The third-order valence-electron chi connectivity index (χ3n) is 2.81. The average Bonchev–Trinajstić information content (AvgIpc) is 2.52. The molecule has 1 amide bonds. The molecule has 5 nitrogen and oxygen atoms in total. The summed E-state index contributed by atoms with van der Waals surface area (Å²) in [5, 5.41) is 11.5. The Balaban J connectivity index is 2.06. The van der Waals surface area contributed by atoms with Crippen LogP contribution < -0.4 is 14.8 Å². The van der Waals surface area contributed by atoms with E-state index in [1.807, 2.05) is 6.07 Å². The number of carbonyl (C=O) groups is 1. The second-order valence-electron chi connectivity index (χ2n) is 4.45. The van der Waals surface area contributed by atoms with Gasteiger partial charge in [0.15, 0.2) is 18.1 Å². The van der Waals surface area contributed by atoms with Crippen molar-refractivity contribution in [2.75, 3.05) is 19.0 Å². The number of anilines is 1. The topological polar surface area (TPSA) is 71.3 Å². The number of nitriles is 1. The molecular weight excluding hydrogens is 323 g/mol. The van der Waals surface area contributed by atoms with Gasteiger partial charge < -0.3 is 14.8 Å². The van der Waals surface area contributed by atoms with E-state index in [0.29, 0.717) is 11.3 Å². The lowest BCUT2D eigenvalue weighted by Gasteiger charge is -2.12. The van der Waals surface area contributed by atoms with Crippen LogP contribution >= 0.6 is 11.6 Å². The van der Waals surface area contributed by atoms with E-state index in [1.54, 1.807) is 6.07 Å². The number of hydrogen-bond donors (Lipinski definition) is 1. The van der Waals surface area contributed by atoms with Gasteiger partial charge in [-0.25, -0.2) is 4.39 Å². The van der Waals surface area contributed by atoms with Gasteiger partial charge in [0.05, 0.1) is 23.8 Å². The van der Waals surface area contributed by atoms with Crippen LogP contribution in [0.4, 0.5) is 10.1 Å². The third kappa shape index (κ3) is 4.34. The van der Waals surface area contributed by atoms with Crippen LogP contribution in [-0.2, 0) is 4.79 Å². The molecule has 2 rings (SSSR count). The van der Waals surface area contributed by atoms with Gasteiger partial charge in [0.1, 0.15) is 5.82 Å². The standard InChI is InChI=1S/C16H12ClFN2O3/c1-22-14-6-10(8-19)5-13(17)16(14)23-9-15(21)20-12-4-2-3-11(18)7-12/h2-7H,9H2,1H3,(H,20,21). The van der Waals surface area contributed by atoms with E-state index in [-0.39, 0.29) is 23.1 Å². The number of amides is 1. The summed E-state index contributed by atoms with van der Waals surface area (Å²) < 4.78 is 23.5. The molecule has 0 unspecified atom stereocenters. The summed E-state index contributed by atoms with van der Waals surface area (Å²) in [6, 6.07) is 10.3. The summed E-state index contributed by atoms with van der Waals surface area (Å²) in [5.41, 5.74) is 0.625. The SMILES string of the molecule is COc1cc(C#N)cc(Cl)c1OCC(=O)Nc1cccc(F)c1. The fourth-order valence-corrected chi connectivity index (χ4v) is 2.09. The smallest absolute Gasteiger partial charge is 0.262 e. The fourth-order valence-electron chi connectivity index (χ4n) is 1.83. The maximum absolute atomic E-state index is 13.0. The number of nitrogens with zero attached hydrogens (tertiary/aromatic N) is 1. The molecule has 7 heteroatoms. The second-order valence-corrected chi connectivity index (χ2v) is 4.86. The number of nitrogens with one attached hydrogen (secondary N) is 1. The van der Waals surface area contributed by atoms with Crippen LogP contribution in [0.1, 0.15) is 5.56 Å². The molecule has 0 bridgehead atoms. The third-order valence-corrected chi connectivity index (χ3v) is 3.10.